The Morgan fingerprint density at radius 2 is 2.25 bits per heavy atom. The van der Waals surface area contributed by atoms with Gasteiger partial charge in [0.2, 0.25) is 0 Å². The van der Waals surface area contributed by atoms with Gasteiger partial charge in [0.25, 0.3) is 0 Å². The molecule has 1 aliphatic carbocycles. The summed E-state index contributed by atoms with van der Waals surface area (Å²) in [7, 11) is 0. The van der Waals surface area contributed by atoms with E-state index in [1.165, 1.54) is 5.57 Å². The van der Waals surface area contributed by atoms with Crippen molar-refractivity contribution in [3.63, 3.8) is 0 Å². The molecule has 0 radical (unpaired) electrons. The summed E-state index contributed by atoms with van der Waals surface area (Å²) in [5.74, 6) is 0.443. The summed E-state index contributed by atoms with van der Waals surface area (Å²) in [5.41, 5.74) is 1.39. The van der Waals surface area contributed by atoms with E-state index in [0.717, 1.165) is 19.4 Å². The number of amides is 1. The van der Waals surface area contributed by atoms with Crippen LogP contribution in [0, 0.1) is 5.92 Å². The molecule has 16 heavy (non-hydrogen) atoms. The molecule has 3 nitrogen and oxygen atoms in total. The zero-order valence-corrected chi connectivity index (χ0v) is 10.8. The largest absolute Gasteiger partial charge is 0.450 e. The van der Waals surface area contributed by atoms with Gasteiger partial charge in [-0.2, -0.15) is 0 Å². The number of carbonyl (C=O) groups is 1. The van der Waals surface area contributed by atoms with Gasteiger partial charge >= 0.3 is 6.09 Å². The van der Waals surface area contributed by atoms with Gasteiger partial charge in [-0.3, -0.25) is 0 Å². The van der Waals surface area contributed by atoms with E-state index >= 15 is 0 Å². The van der Waals surface area contributed by atoms with Crippen LogP contribution in [0.25, 0.3) is 0 Å². The molecule has 0 bridgehead atoms. The molecule has 2 unspecified atom stereocenters. The highest BCUT2D eigenvalue weighted by Gasteiger charge is 2.30. The molecule has 0 aromatic rings. The molecule has 2 atom stereocenters. The van der Waals surface area contributed by atoms with E-state index < -0.39 is 0 Å². The highest BCUT2D eigenvalue weighted by Crippen LogP contribution is 2.28. The second-order valence-electron chi connectivity index (χ2n) is 4.37. The SMILES string of the molecule is CCOC(=O)N(CC)C1CCC=C(C)C1C. The molecule has 1 amide bonds. The Morgan fingerprint density at radius 3 is 2.81 bits per heavy atom. The van der Waals surface area contributed by atoms with Crippen LogP contribution in [-0.2, 0) is 4.74 Å². The number of ether oxygens (including phenoxy) is 1. The van der Waals surface area contributed by atoms with E-state index in [9.17, 15) is 4.79 Å². The van der Waals surface area contributed by atoms with E-state index in [1.807, 2.05) is 18.7 Å². The Labute approximate surface area is 98.5 Å². The summed E-state index contributed by atoms with van der Waals surface area (Å²) in [4.78, 5) is 13.7. The molecular formula is C13H23NO2. The monoisotopic (exact) mass is 225 g/mol. The lowest BCUT2D eigenvalue weighted by molar-refractivity contribution is 0.0799. The molecule has 0 saturated carbocycles. The average Bonchev–Trinajstić information content (AvgIpc) is 2.25. The van der Waals surface area contributed by atoms with Crippen LogP contribution >= 0.6 is 0 Å². The van der Waals surface area contributed by atoms with Crippen molar-refractivity contribution < 1.29 is 9.53 Å². The molecule has 1 aliphatic rings. The first-order chi connectivity index (χ1) is 7.61. The molecule has 0 saturated heterocycles. The Morgan fingerprint density at radius 1 is 1.56 bits per heavy atom. The summed E-state index contributed by atoms with van der Waals surface area (Å²) in [6.45, 7) is 9.37. The Bertz CT molecular complexity index is 273. The Hall–Kier alpha value is -0.990. The lowest BCUT2D eigenvalue weighted by atomic mass is 9.84. The standard InChI is InChI=1S/C13H23NO2/c1-5-14(13(15)16-6-2)12-9-7-8-10(3)11(12)4/h8,11-12H,5-7,9H2,1-4H3. The maximum absolute atomic E-state index is 11.8. The minimum Gasteiger partial charge on any atom is -0.450 e. The Kier molecular flexibility index (Phi) is 4.84. The van der Waals surface area contributed by atoms with E-state index in [2.05, 4.69) is 19.9 Å². The van der Waals surface area contributed by atoms with Gasteiger partial charge in [0, 0.05) is 12.6 Å². The molecule has 0 spiro atoms. The predicted octanol–water partition coefficient (Wildman–Crippen LogP) is 3.21. The quantitative estimate of drug-likeness (QED) is 0.690. The summed E-state index contributed by atoms with van der Waals surface area (Å²) in [6.07, 6.45) is 4.22. The van der Waals surface area contributed by atoms with Crippen LogP contribution in [0.5, 0.6) is 0 Å². The molecule has 0 aromatic carbocycles. The molecule has 0 heterocycles. The zero-order chi connectivity index (χ0) is 12.1. The second kappa shape index (κ2) is 5.92. The van der Waals surface area contributed by atoms with Crippen molar-refractivity contribution in [2.24, 2.45) is 5.92 Å². The number of hydrogen-bond acceptors (Lipinski definition) is 2. The highest BCUT2D eigenvalue weighted by molar-refractivity contribution is 5.68. The van der Waals surface area contributed by atoms with Crippen LogP contribution < -0.4 is 0 Å². The zero-order valence-electron chi connectivity index (χ0n) is 10.8. The van der Waals surface area contributed by atoms with Gasteiger partial charge in [-0.15, -0.1) is 0 Å². The third kappa shape index (κ3) is 2.77. The lowest BCUT2D eigenvalue weighted by Gasteiger charge is -2.37. The predicted molar refractivity (Wildman–Crippen MR) is 65.3 cm³/mol. The van der Waals surface area contributed by atoms with Gasteiger partial charge in [0.15, 0.2) is 0 Å². The van der Waals surface area contributed by atoms with Gasteiger partial charge in [-0.25, -0.2) is 4.79 Å². The molecule has 1 rings (SSSR count). The van der Waals surface area contributed by atoms with E-state index in [1.54, 1.807) is 0 Å². The summed E-state index contributed by atoms with van der Waals surface area (Å²) >= 11 is 0. The van der Waals surface area contributed by atoms with Crippen LogP contribution in [-0.4, -0.2) is 30.2 Å². The van der Waals surface area contributed by atoms with Gasteiger partial charge in [-0.05, 0) is 39.5 Å². The second-order valence-corrected chi connectivity index (χ2v) is 4.37. The number of hydrogen-bond donors (Lipinski definition) is 0. The third-order valence-electron chi connectivity index (χ3n) is 3.47. The molecule has 92 valence electrons. The summed E-state index contributed by atoms with van der Waals surface area (Å²) in [6, 6.07) is 0.300. The number of allylic oxidation sites excluding steroid dienone is 1. The maximum atomic E-state index is 11.8. The van der Waals surface area contributed by atoms with Crippen LogP contribution in [0.3, 0.4) is 0 Å². The van der Waals surface area contributed by atoms with Crippen molar-refractivity contribution in [1.82, 2.24) is 4.90 Å². The van der Waals surface area contributed by atoms with Gasteiger partial charge in [0.1, 0.15) is 0 Å². The van der Waals surface area contributed by atoms with Crippen molar-refractivity contribution >= 4 is 6.09 Å². The van der Waals surface area contributed by atoms with Crippen molar-refractivity contribution in [2.75, 3.05) is 13.2 Å². The van der Waals surface area contributed by atoms with Crippen molar-refractivity contribution in [3.8, 4) is 0 Å². The van der Waals surface area contributed by atoms with E-state index in [0.29, 0.717) is 18.6 Å². The minimum atomic E-state index is -0.170. The highest BCUT2D eigenvalue weighted by atomic mass is 16.6. The molecule has 0 fully saturated rings. The molecule has 0 aliphatic heterocycles. The van der Waals surface area contributed by atoms with Crippen LogP contribution in [0.4, 0.5) is 4.79 Å². The molecular weight excluding hydrogens is 202 g/mol. The normalized spacial score (nSPS) is 24.9. The van der Waals surface area contributed by atoms with E-state index in [-0.39, 0.29) is 6.09 Å². The molecule has 0 N–H and O–H groups in total. The summed E-state index contributed by atoms with van der Waals surface area (Å²) in [5, 5.41) is 0. The van der Waals surface area contributed by atoms with Crippen molar-refractivity contribution in [3.05, 3.63) is 11.6 Å². The average molecular weight is 225 g/mol. The first-order valence-electron chi connectivity index (χ1n) is 6.21. The third-order valence-corrected chi connectivity index (χ3v) is 3.47. The number of carbonyl (C=O) groups excluding carboxylic acids is 1. The first-order valence-corrected chi connectivity index (χ1v) is 6.21. The summed E-state index contributed by atoms with van der Waals surface area (Å²) < 4.78 is 5.10. The lowest BCUT2D eigenvalue weighted by Crippen LogP contribution is -2.45. The minimum absolute atomic E-state index is 0.170. The van der Waals surface area contributed by atoms with Crippen LogP contribution in [0.15, 0.2) is 11.6 Å². The van der Waals surface area contributed by atoms with Gasteiger partial charge in [0.05, 0.1) is 6.61 Å². The number of nitrogens with zero attached hydrogens (tertiary/aromatic N) is 1. The molecule has 3 heteroatoms. The Balaban J connectivity index is 2.73. The fraction of sp³-hybridized carbons (Fsp3) is 0.769. The smallest absolute Gasteiger partial charge is 0.410 e. The van der Waals surface area contributed by atoms with Crippen molar-refractivity contribution in [2.45, 2.75) is 46.6 Å². The van der Waals surface area contributed by atoms with E-state index in [4.69, 9.17) is 4.74 Å². The first kappa shape index (κ1) is 13.1. The van der Waals surface area contributed by atoms with Crippen LogP contribution in [0.2, 0.25) is 0 Å². The molecule has 0 aromatic heterocycles. The number of rotatable bonds is 3. The van der Waals surface area contributed by atoms with Gasteiger partial charge < -0.3 is 9.64 Å². The van der Waals surface area contributed by atoms with Crippen molar-refractivity contribution in [1.29, 1.82) is 0 Å². The van der Waals surface area contributed by atoms with Gasteiger partial charge in [-0.1, -0.05) is 18.6 Å². The fourth-order valence-electron chi connectivity index (χ4n) is 2.35. The maximum Gasteiger partial charge on any atom is 0.410 e. The van der Waals surface area contributed by atoms with Crippen LogP contribution in [0.1, 0.15) is 40.5 Å². The topological polar surface area (TPSA) is 29.5 Å². The fourth-order valence-corrected chi connectivity index (χ4v) is 2.35.